The second kappa shape index (κ2) is 6.97. The van der Waals surface area contributed by atoms with Crippen LogP contribution in [0.5, 0.6) is 0 Å². The van der Waals surface area contributed by atoms with Gasteiger partial charge < -0.3 is 4.74 Å². The van der Waals surface area contributed by atoms with Gasteiger partial charge in [0.05, 0.1) is 24.1 Å². The van der Waals surface area contributed by atoms with Gasteiger partial charge in [0.15, 0.2) is 0 Å². The number of carbonyl (C=O) groups excluding carboxylic acids is 3. The average Bonchev–Trinajstić information content (AvgIpc) is 2.82. The molecule has 1 aliphatic rings. The number of hydrogen-bond donors (Lipinski definition) is 0. The van der Waals surface area contributed by atoms with Crippen molar-refractivity contribution in [2.45, 2.75) is 6.42 Å². The number of fused-ring (bicyclic) bond motifs is 1. The molecule has 2 aromatic rings. The number of esters is 1. The van der Waals surface area contributed by atoms with E-state index < -0.39 is 5.97 Å². The third kappa shape index (κ3) is 3.38. The minimum Gasteiger partial charge on any atom is -0.464 e. The minimum atomic E-state index is -0.395. The van der Waals surface area contributed by atoms with Gasteiger partial charge in [-0.15, -0.1) is 0 Å². The highest BCUT2D eigenvalue weighted by Gasteiger charge is 2.34. The van der Waals surface area contributed by atoms with Crippen molar-refractivity contribution in [1.29, 1.82) is 0 Å². The molecule has 3 rings (SSSR count). The minimum absolute atomic E-state index is 0.0131. The van der Waals surface area contributed by atoms with Crippen LogP contribution in [0.2, 0.25) is 0 Å². The quantitative estimate of drug-likeness (QED) is 0.584. The molecule has 2 amide bonds. The van der Waals surface area contributed by atoms with Crippen LogP contribution in [0.15, 0.2) is 53.0 Å². The Morgan fingerprint density at radius 1 is 0.958 bits per heavy atom. The van der Waals surface area contributed by atoms with Crippen LogP contribution in [0, 0.1) is 0 Å². The Kier molecular flexibility index (Phi) is 4.76. The van der Waals surface area contributed by atoms with E-state index in [0.717, 1.165) is 14.9 Å². The molecule has 2 aromatic carbocycles. The molecular weight excluding hydrogens is 374 g/mol. The zero-order valence-corrected chi connectivity index (χ0v) is 14.3. The highest BCUT2D eigenvalue weighted by Crippen LogP contribution is 2.21. The first kappa shape index (κ1) is 16.4. The van der Waals surface area contributed by atoms with Gasteiger partial charge in [0, 0.05) is 4.47 Å². The molecule has 1 heterocycles. The second-order valence-electron chi connectivity index (χ2n) is 5.33. The molecule has 0 spiro atoms. The summed E-state index contributed by atoms with van der Waals surface area (Å²) >= 11 is 3.33. The fraction of sp³-hybridized carbons (Fsp3) is 0.167. The maximum atomic E-state index is 12.2. The first-order valence-corrected chi connectivity index (χ1v) is 8.21. The molecule has 6 heteroatoms. The normalized spacial score (nSPS) is 13.1. The van der Waals surface area contributed by atoms with E-state index in [1.807, 2.05) is 24.3 Å². The molecule has 0 radical (unpaired) electrons. The lowest BCUT2D eigenvalue weighted by atomic mass is 10.1. The van der Waals surface area contributed by atoms with Crippen LogP contribution < -0.4 is 0 Å². The van der Waals surface area contributed by atoms with Crippen molar-refractivity contribution in [3.63, 3.8) is 0 Å². The number of hydrogen-bond acceptors (Lipinski definition) is 4. The van der Waals surface area contributed by atoms with Crippen molar-refractivity contribution in [2.75, 3.05) is 13.2 Å². The predicted molar refractivity (Wildman–Crippen MR) is 90.6 cm³/mol. The van der Waals surface area contributed by atoms with Crippen LogP contribution in [0.25, 0.3) is 0 Å². The van der Waals surface area contributed by atoms with Crippen LogP contribution in [0.1, 0.15) is 26.3 Å². The van der Waals surface area contributed by atoms with Crippen molar-refractivity contribution in [3.8, 4) is 0 Å². The number of carbonyl (C=O) groups is 3. The summed E-state index contributed by atoms with van der Waals surface area (Å²) in [5.41, 5.74) is 1.62. The molecule has 0 atom stereocenters. The summed E-state index contributed by atoms with van der Waals surface area (Å²) in [4.78, 5) is 37.3. The van der Waals surface area contributed by atoms with Crippen LogP contribution in [0.3, 0.4) is 0 Å². The zero-order valence-electron chi connectivity index (χ0n) is 12.7. The molecule has 0 saturated heterocycles. The monoisotopic (exact) mass is 387 g/mol. The highest BCUT2D eigenvalue weighted by molar-refractivity contribution is 9.10. The number of amides is 2. The van der Waals surface area contributed by atoms with Crippen molar-refractivity contribution in [2.24, 2.45) is 0 Å². The van der Waals surface area contributed by atoms with Crippen molar-refractivity contribution < 1.29 is 19.1 Å². The summed E-state index contributed by atoms with van der Waals surface area (Å²) in [6, 6.07) is 14.0. The zero-order chi connectivity index (χ0) is 17.1. The van der Waals surface area contributed by atoms with Crippen LogP contribution in [0.4, 0.5) is 0 Å². The molecular formula is C18H14BrNO4. The van der Waals surface area contributed by atoms with Gasteiger partial charge >= 0.3 is 5.97 Å². The van der Waals surface area contributed by atoms with Gasteiger partial charge in [0.25, 0.3) is 11.8 Å². The molecule has 0 fully saturated rings. The fourth-order valence-corrected chi connectivity index (χ4v) is 2.78. The topological polar surface area (TPSA) is 63.7 Å². The van der Waals surface area contributed by atoms with Crippen LogP contribution in [-0.4, -0.2) is 35.8 Å². The number of nitrogens with zero attached hydrogens (tertiary/aromatic N) is 1. The molecule has 0 bridgehead atoms. The Morgan fingerprint density at radius 2 is 1.54 bits per heavy atom. The lowest BCUT2D eigenvalue weighted by Crippen LogP contribution is -2.33. The van der Waals surface area contributed by atoms with Gasteiger partial charge in [-0.1, -0.05) is 40.2 Å². The molecule has 24 heavy (non-hydrogen) atoms. The van der Waals surface area contributed by atoms with Crippen molar-refractivity contribution in [3.05, 3.63) is 69.7 Å². The Morgan fingerprint density at radius 3 is 2.12 bits per heavy atom. The van der Waals surface area contributed by atoms with E-state index in [1.54, 1.807) is 24.3 Å². The van der Waals surface area contributed by atoms with Crippen LogP contribution >= 0.6 is 15.9 Å². The Balaban J connectivity index is 1.52. The lowest BCUT2D eigenvalue weighted by Gasteiger charge is -2.13. The van der Waals surface area contributed by atoms with E-state index in [9.17, 15) is 14.4 Å². The summed E-state index contributed by atoms with van der Waals surface area (Å²) in [6.45, 7) is 0.0409. The SMILES string of the molecule is O=C(Cc1ccc(Br)cc1)OCCN1C(=O)c2ccccc2C1=O. The molecule has 0 aliphatic carbocycles. The van der Waals surface area contributed by atoms with Gasteiger partial charge in [-0.2, -0.15) is 0 Å². The summed E-state index contributed by atoms with van der Waals surface area (Å²) in [5.74, 6) is -1.09. The van der Waals surface area contributed by atoms with Crippen LogP contribution in [-0.2, 0) is 16.0 Å². The van der Waals surface area contributed by atoms with Gasteiger partial charge in [-0.3, -0.25) is 19.3 Å². The third-order valence-corrected chi connectivity index (χ3v) is 4.25. The van der Waals surface area contributed by atoms with Gasteiger partial charge in [-0.05, 0) is 29.8 Å². The lowest BCUT2D eigenvalue weighted by molar-refractivity contribution is -0.143. The van der Waals surface area contributed by atoms with Gasteiger partial charge in [-0.25, -0.2) is 0 Å². The summed E-state index contributed by atoms with van der Waals surface area (Å²) in [6.07, 6.45) is 0.148. The Labute approximate surface area is 147 Å². The van der Waals surface area contributed by atoms with Gasteiger partial charge in [0.1, 0.15) is 6.61 Å². The standard InChI is InChI=1S/C18H14BrNO4/c19-13-7-5-12(6-8-13)11-16(21)24-10-9-20-17(22)14-3-1-2-4-15(14)18(20)23/h1-8H,9-11H2. The summed E-state index contributed by atoms with van der Waals surface area (Å²) < 4.78 is 6.07. The molecule has 5 nitrogen and oxygen atoms in total. The Hall–Kier alpha value is -2.47. The number of halogens is 1. The van der Waals surface area contributed by atoms with E-state index >= 15 is 0 Å². The summed E-state index contributed by atoms with van der Waals surface area (Å²) in [7, 11) is 0. The largest absolute Gasteiger partial charge is 0.464 e. The maximum absolute atomic E-state index is 12.2. The smallest absolute Gasteiger partial charge is 0.310 e. The Bertz CT molecular complexity index is 766. The van der Waals surface area contributed by atoms with E-state index in [-0.39, 0.29) is 31.4 Å². The highest BCUT2D eigenvalue weighted by atomic mass is 79.9. The molecule has 0 aromatic heterocycles. The molecule has 122 valence electrons. The first-order valence-electron chi connectivity index (χ1n) is 7.41. The first-order chi connectivity index (χ1) is 11.6. The molecule has 1 aliphatic heterocycles. The predicted octanol–water partition coefficient (Wildman–Crippen LogP) is 2.83. The fourth-order valence-electron chi connectivity index (χ4n) is 2.51. The maximum Gasteiger partial charge on any atom is 0.310 e. The third-order valence-electron chi connectivity index (χ3n) is 3.72. The van der Waals surface area contributed by atoms with E-state index in [0.29, 0.717) is 11.1 Å². The number of rotatable bonds is 5. The second-order valence-corrected chi connectivity index (χ2v) is 6.25. The molecule has 0 N–H and O–H groups in total. The van der Waals surface area contributed by atoms with Crippen molar-refractivity contribution in [1.82, 2.24) is 4.90 Å². The number of ether oxygens (including phenoxy) is 1. The van der Waals surface area contributed by atoms with E-state index in [4.69, 9.17) is 4.74 Å². The summed E-state index contributed by atoms with van der Waals surface area (Å²) in [5, 5.41) is 0. The van der Waals surface area contributed by atoms with E-state index in [2.05, 4.69) is 15.9 Å². The van der Waals surface area contributed by atoms with Crippen molar-refractivity contribution >= 4 is 33.7 Å². The number of imide groups is 1. The number of benzene rings is 2. The van der Waals surface area contributed by atoms with E-state index in [1.165, 1.54) is 0 Å². The molecule has 0 saturated carbocycles. The van der Waals surface area contributed by atoms with Gasteiger partial charge in [0.2, 0.25) is 0 Å². The molecule has 0 unspecified atom stereocenters. The average molecular weight is 388 g/mol.